The monoisotopic (exact) mass is 296 g/mol. The van der Waals surface area contributed by atoms with Crippen molar-refractivity contribution in [3.05, 3.63) is 61.7 Å². The fourth-order valence-electron chi connectivity index (χ4n) is 2.09. The highest BCUT2D eigenvalue weighted by atomic mass is 16.3. The Balaban J connectivity index is 2.24. The summed E-state index contributed by atoms with van der Waals surface area (Å²) in [6.07, 6.45) is 3.45. The van der Waals surface area contributed by atoms with Crippen LogP contribution in [0.4, 0.5) is 11.4 Å². The number of anilines is 2. The van der Waals surface area contributed by atoms with Gasteiger partial charge < -0.3 is 20.8 Å². The van der Waals surface area contributed by atoms with E-state index < -0.39 is 0 Å². The van der Waals surface area contributed by atoms with E-state index in [4.69, 9.17) is 0 Å². The minimum atomic E-state index is 0.160. The van der Waals surface area contributed by atoms with E-state index in [9.17, 15) is 10.2 Å². The lowest BCUT2D eigenvalue weighted by atomic mass is 10.0. The lowest BCUT2D eigenvalue weighted by Crippen LogP contribution is -1.98. The van der Waals surface area contributed by atoms with Crippen molar-refractivity contribution in [2.45, 2.75) is 0 Å². The molecule has 0 fully saturated rings. The van der Waals surface area contributed by atoms with Crippen LogP contribution in [-0.2, 0) is 0 Å². The maximum absolute atomic E-state index is 10.0. The van der Waals surface area contributed by atoms with Crippen molar-refractivity contribution >= 4 is 11.4 Å². The molecule has 4 nitrogen and oxygen atoms in total. The fraction of sp³-hybridized carbons (Fsp3) is 0.111. The van der Waals surface area contributed by atoms with Gasteiger partial charge in [0, 0.05) is 13.1 Å². The molecule has 0 radical (unpaired) electrons. The van der Waals surface area contributed by atoms with E-state index in [2.05, 4.69) is 23.8 Å². The van der Waals surface area contributed by atoms with Crippen molar-refractivity contribution in [3.8, 4) is 22.6 Å². The molecule has 0 aromatic heterocycles. The van der Waals surface area contributed by atoms with Gasteiger partial charge in [-0.15, -0.1) is 13.2 Å². The zero-order valence-electron chi connectivity index (χ0n) is 12.3. The summed E-state index contributed by atoms with van der Waals surface area (Å²) in [4.78, 5) is 0. The summed E-state index contributed by atoms with van der Waals surface area (Å²) in [5.41, 5.74) is 2.95. The molecule has 114 valence electrons. The summed E-state index contributed by atoms with van der Waals surface area (Å²) < 4.78 is 0. The average Bonchev–Trinajstić information content (AvgIpc) is 2.52. The minimum Gasteiger partial charge on any atom is -0.506 e. The van der Waals surface area contributed by atoms with Crippen LogP contribution in [0, 0.1) is 0 Å². The van der Waals surface area contributed by atoms with Gasteiger partial charge in [0.05, 0.1) is 11.4 Å². The van der Waals surface area contributed by atoms with Crippen LogP contribution < -0.4 is 10.6 Å². The van der Waals surface area contributed by atoms with E-state index in [1.54, 1.807) is 36.4 Å². The molecule has 2 aromatic rings. The Bertz CT molecular complexity index is 621. The maximum Gasteiger partial charge on any atom is 0.139 e. The first-order chi connectivity index (χ1) is 10.7. The SMILES string of the molecule is C=CCNc1ccc(-c2ccc(NCC=C)c(O)c2)cc1O. The highest BCUT2D eigenvalue weighted by Crippen LogP contribution is 2.33. The van der Waals surface area contributed by atoms with E-state index in [1.165, 1.54) is 0 Å². The van der Waals surface area contributed by atoms with E-state index in [-0.39, 0.29) is 11.5 Å². The van der Waals surface area contributed by atoms with E-state index >= 15 is 0 Å². The van der Waals surface area contributed by atoms with Crippen LogP contribution in [0.15, 0.2) is 61.7 Å². The third kappa shape index (κ3) is 3.61. The molecule has 0 saturated heterocycles. The van der Waals surface area contributed by atoms with Gasteiger partial charge in [0.2, 0.25) is 0 Å². The number of hydrogen-bond donors (Lipinski definition) is 4. The Morgan fingerprint density at radius 1 is 0.773 bits per heavy atom. The van der Waals surface area contributed by atoms with Gasteiger partial charge in [-0.05, 0) is 35.4 Å². The van der Waals surface area contributed by atoms with Crippen molar-refractivity contribution in [2.24, 2.45) is 0 Å². The van der Waals surface area contributed by atoms with Gasteiger partial charge in [-0.3, -0.25) is 0 Å². The Kier molecular flexibility index (Phi) is 5.09. The Morgan fingerprint density at radius 3 is 1.50 bits per heavy atom. The molecule has 0 saturated carbocycles. The molecule has 0 amide bonds. The number of rotatable bonds is 7. The second kappa shape index (κ2) is 7.22. The summed E-state index contributed by atoms with van der Waals surface area (Å²) in [5.74, 6) is 0.320. The van der Waals surface area contributed by atoms with Crippen LogP contribution in [0.5, 0.6) is 11.5 Å². The first kappa shape index (κ1) is 15.5. The van der Waals surface area contributed by atoms with Gasteiger partial charge in [-0.25, -0.2) is 0 Å². The fourth-order valence-corrected chi connectivity index (χ4v) is 2.09. The highest BCUT2D eigenvalue weighted by Gasteiger charge is 2.07. The number of phenols is 2. The molecule has 4 heteroatoms. The summed E-state index contributed by atoms with van der Waals surface area (Å²) in [6, 6.07) is 10.7. The van der Waals surface area contributed by atoms with Crippen molar-refractivity contribution in [2.75, 3.05) is 23.7 Å². The van der Waals surface area contributed by atoms with Crippen LogP contribution in [0.3, 0.4) is 0 Å². The predicted octanol–water partition coefficient (Wildman–Crippen LogP) is 3.96. The third-order valence-corrected chi connectivity index (χ3v) is 3.20. The van der Waals surface area contributed by atoms with Crippen LogP contribution in [0.1, 0.15) is 0 Å². The molecule has 4 N–H and O–H groups in total. The van der Waals surface area contributed by atoms with Crippen molar-refractivity contribution < 1.29 is 10.2 Å². The van der Waals surface area contributed by atoms with Crippen LogP contribution >= 0.6 is 0 Å². The molecule has 0 atom stereocenters. The first-order valence-corrected chi connectivity index (χ1v) is 7.01. The van der Waals surface area contributed by atoms with Crippen molar-refractivity contribution in [1.82, 2.24) is 0 Å². The molecular weight excluding hydrogens is 276 g/mol. The van der Waals surface area contributed by atoms with Gasteiger partial charge in [0.1, 0.15) is 11.5 Å². The molecule has 0 aliphatic heterocycles. The highest BCUT2D eigenvalue weighted by molar-refractivity contribution is 5.74. The molecule has 0 heterocycles. The Morgan fingerprint density at radius 2 is 1.18 bits per heavy atom. The predicted molar refractivity (Wildman–Crippen MR) is 92.6 cm³/mol. The van der Waals surface area contributed by atoms with Crippen molar-refractivity contribution in [3.63, 3.8) is 0 Å². The Labute approximate surface area is 130 Å². The summed E-state index contributed by atoms with van der Waals surface area (Å²) in [5, 5.41) is 26.2. The van der Waals surface area contributed by atoms with Crippen LogP contribution in [-0.4, -0.2) is 23.3 Å². The molecule has 2 aromatic carbocycles. The largest absolute Gasteiger partial charge is 0.506 e. The molecule has 0 aliphatic rings. The second-order valence-electron chi connectivity index (χ2n) is 4.80. The summed E-state index contributed by atoms with van der Waals surface area (Å²) in [7, 11) is 0. The second-order valence-corrected chi connectivity index (χ2v) is 4.80. The van der Waals surface area contributed by atoms with E-state index in [0.29, 0.717) is 24.5 Å². The zero-order valence-corrected chi connectivity index (χ0v) is 12.3. The third-order valence-electron chi connectivity index (χ3n) is 3.20. The topological polar surface area (TPSA) is 64.5 Å². The first-order valence-electron chi connectivity index (χ1n) is 7.01. The molecule has 0 bridgehead atoms. The zero-order chi connectivity index (χ0) is 15.9. The number of aromatic hydroxyl groups is 2. The average molecular weight is 296 g/mol. The van der Waals surface area contributed by atoms with Gasteiger partial charge in [-0.1, -0.05) is 24.3 Å². The van der Waals surface area contributed by atoms with E-state index in [0.717, 1.165) is 11.1 Å². The molecular formula is C18H20N2O2. The normalized spacial score (nSPS) is 10.0. The van der Waals surface area contributed by atoms with Gasteiger partial charge in [0.15, 0.2) is 0 Å². The molecule has 0 aliphatic carbocycles. The molecule has 0 unspecified atom stereocenters. The lowest BCUT2D eigenvalue weighted by molar-refractivity contribution is 0.476. The quantitative estimate of drug-likeness (QED) is 0.461. The van der Waals surface area contributed by atoms with Crippen molar-refractivity contribution in [1.29, 1.82) is 0 Å². The standard InChI is InChI=1S/C18H20N2O2/c1-3-9-19-15-7-5-13(11-17(15)21)14-6-8-16(18(22)12-14)20-10-4-2/h3-8,11-12,19-22H,1-2,9-10H2. The number of benzene rings is 2. The van der Waals surface area contributed by atoms with E-state index in [1.807, 2.05) is 12.1 Å². The number of phenolic OH excluding ortho intramolecular Hbond substituents is 2. The molecule has 22 heavy (non-hydrogen) atoms. The van der Waals surface area contributed by atoms with Crippen LogP contribution in [0.2, 0.25) is 0 Å². The maximum atomic E-state index is 10.0. The van der Waals surface area contributed by atoms with Crippen LogP contribution in [0.25, 0.3) is 11.1 Å². The van der Waals surface area contributed by atoms with Gasteiger partial charge >= 0.3 is 0 Å². The number of hydrogen-bond acceptors (Lipinski definition) is 4. The minimum absolute atomic E-state index is 0.160. The van der Waals surface area contributed by atoms with Gasteiger partial charge in [0.25, 0.3) is 0 Å². The molecule has 2 rings (SSSR count). The number of nitrogens with one attached hydrogen (secondary N) is 2. The molecule has 0 spiro atoms. The lowest BCUT2D eigenvalue weighted by Gasteiger charge is -2.11. The van der Waals surface area contributed by atoms with Gasteiger partial charge in [-0.2, -0.15) is 0 Å². The Hall–Kier alpha value is -2.88. The smallest absolute Gasteiger partial charge is 0.139 e. The summed E-state index contributed by atoms with van der Waals surface area (Å²) >= 11 is 0. The summed E-state index contributed by atoms with van der Waals surface area (Å²) in [6.45, 7) is 8.41.